The van der Waals surface area contributed by atoms with Crippen LogP contribution in [0, 0.1) is 40.7 Å². The number of ether oxygens (including phenoxy) is 1. The fraction of sp³-hybridized carbons (Fsp3) is 0.658. The maximum absolute atomic E-state index is 14.9. The van der Waals surface area contributed by atoms with E-state index in [-0.39, 0.29) is 17.2 Å². The maximum atomic E-state index is 14.9. The summed E-state index contributed by atoms with van der Waals surface area (Å²) in [7, 11) is 0. The highest BCUT2D eigenvalue weighted by Gasteiger charge is 2.24. The third-order valence-corrected chi connectivity index (χ3v) is 9.33. The van der Waals surface area contributed by atoms with Crippen molar-refractivity contribution >= 4 is 0 Å². The molecule has 4 heteroatoms. The first kappa shape index (κ1) is 34.1. The van der Waals surface area contributed by atoms with Gasteiger partial charge in [0.1, 0.15) is 0 Å². The second-order valence-corrected chi connectivity index (χ2v) is 12.7. The largest absolute Gasteiger partial charge is 0.490 e. The van der Waals surface area contributed by atoms with Crippen molar-refractivity contribution in [1.82, 2.24) is 0 Å². The van der Waals surface area contributed by atoms with Crippen LogP contribution in [-0.2, 0) is 6.42 Å². The summed E-state index contributed by atoms with van der Waals surface area (Å²) in [5.41, 5.74) is 2.03. The zero-order chi connectivity index (χ0) is 30.0. The molecule has 1 aliphatic rings. The van der Waals surface area contributed by atoms with Crippen LogP contribution in [0.4, 0.5) is 8.78 Å². The van der Waals surface area contributed by atoms with Crippen LogP contribution in [-0.4, -0.2) is 6.61 Å². The van der Waals surface area contributed by atoms with E-state index in [4.69, 9.17) is 4.74 Å². The number of rotatable bonds is 20. The van der Waals surface area contributed by atoms with Gasteiger partial charge in [0, 0.05) is 11.5 Å². The predicted octanol–water partition coefficient (Wildman–Crippen LogP) is 12.0. The Bertz CT molecular complexity index is 1050. The highest BCUT2D eigenvalue weighted by Crippen LogP contribution is 2.36. The Kier molecular flexibility index (Phi) is 16.0. The van der Waals surface area contributed by atoms with Crippen molar-refractivity contribution in [2.75, 3.05) is 6.61 Å². The van der Waals surface area contributed by atoms with Gasteiger partial charge in [0.2, 0.25) is 5.82 Å². The molecule has 2 aromatic carbocycles. The molecule has 1 saturated carbocycles. The molecule has 2 aromatic rings. The summed E-state index contributed by atoms with van der Waals surface area (Å²) in [6.45, 7) is 4.86. The lowest BCUT2D eigenvalue weighted by molar-refractivity contribution is 0.233. The maximum Gasteiger partial charge on any atom is 0.201 e. The Hall–Kier alpha value is -2.41. The van der Waals surface area contributed by atoms with Crippen LogP contribution in [0.3, 0.4) is 0 Å². The van der Waals surface area contributed by atoms with Crippen molar-refractivity contribution < 1.29 is 13.5 Å². The number of nitriles is 1. The second kappa shape index (κ2) is 19.7. The molecule has 3 rings (SSSR count). The minimum Gasteiger partial charge on any atom is -0.490 e. The van der Waals surface area contributed by atoms with E-state index >= 15 is 0 Å². The molecule has 0 N–H and O–H groups in total. The van der Waals surface area contributed by atoms with Gasteiger partial charge in [0.05, 0.1) is 12.7 Å². The van der Waals surface area contributed by atoms with E-state index < -0.39 is 11.6 Å². The Morgan fingerprint density at radius 3 is 2.05 bits per heavy atom. The molecular weight excluding hydrogens is 524 g/mol. The normalized spacial score (nSPS) is 17.6. The number of aryl methyl sites for hydroxylation is 1. The summed E-state index contributed by atoms with van der Waals surface area (Å²) < 4.78 is 35.2. The molecule has 1 unspecified atom stereocenters. The van der Waals surface area contributed by atoms with E-state index in [1.807, 2.05) is 24.3 Å². The molecule has 0 saturated heterocycles. The fourth-order valence-corrected chi connectivity index (χ4v) is 6.55. The monoisotopic (exact) mass is 579 g/mol. The molecule has 0 spiro atoms. The van der Waals surface area contributed by atoms with Gasteiger partial charge in [-0.2, -0.15) is 9.65 Å². The molecular formula is C38H55F2NO. The van der Waals surface area contributed by atoms with E-state index in [0.717, 1.165) is 50.0 Å². The van der Waals surface area contributed by atoms with Gasteiger partial charge in [-0.1, -0.05) is 134 Å². The molecule has 0 radical (unpaired) electrons. The molecule has 0 bridgehead atoms. The molecule has 232 valence electrons. The van der Waals surface area contributed by atoms with E-state index in [0.29, 0.717) is 18.1 Å². The van der Waals surface area contributed by atoms with Crippen molar-refractivity contribution in [2.24, 2.45) is 17.8 Å². The van der Waals surface area contributed by atoms with E-state index in [1.54, 1.807) is 6.07 Å². The minimum absolute atomic E-state index is 0.0140. The molecule has 0 aromatic heterocycles. The second-order valence-electron chi connectivity index (χ2n) is 12.7. The standard InChI is InChI=1S/C38H55F2NO/c1-3-5-7-9-11-13-27-42-36-26-25-35(37(39)38(36)40)34-23-21-31(22-24-34)17-20-33(29-41)28-32-18-15-30(16-19-32)14-12-10-8-6-4-2/h21-26,30,32-33H,3-20,27-28H2,1-2H3/t30-,32-,33?. The first-order chi connectivity index (χ1) is 20.5. The molecule has 1 atom stereocenters. The summed E-state index contributed by atoms with van der Waals surface area (Å²) in [4.78, 5) is 0. The molecule has 1 fully saturated rings. The quantitative estimate of drug-likeness (QED) is 0.146. The fourth-order valence-electron chi connectivity index (χ4n) is 6.55. The minimum atomic E-state index is -0.916. The third kappa shape index (κ3) is 11.7. The lowest BCUT2D eigenvalue weighted by atomic mass is 9.76. The van der Waals surface area contributed by atoms with Gasteiger partial charge in [-0.05, 0) is 60.8 Å². The Morgan fingerprint density at radius 1 is 0.762 bits per heavy atom. The lowest BCUT2D eigenvalue weighted by Gasteiger charge is -2.29. The SMILES string of the molecule is CCCCCCCCOc1ccc(-c2ccc(CCC(C#N)C[C@H]3CC[C@H](CCCCCCC)CC3)cc2)c(F)c1F. The lowest BCUT2D eigenvalue weighted by Crippen LogP contribution is -2.17. The molecule has 0 aliphatic heterocycles. The zero-order valence-corrected chi connectivity index (χ0v) is 26.4. The average Bonchev–Trinajstić information content (AvgIpc) is 3.02. The van der Waals surface area contributed by atoms with Gasteiger partial charge in [-0.25, -0.2) is 4.39 Å². The topological polar surface area (TPSA) is 33.0 Å². The summed E-state index contributed by atoms with van der Waals surface area (Å²) in [6.07, 6.45) is 22.8. The van der Waals surface area contributed by atoms with Crippen LogP contribution >= 0.6 is 0 Å². The van der Waals surface area contributed by atoms with E-state index in [2.05, 4.69) is 19.9 Å². The number of halogens is 2. The summed E-state index contributed by atoms with van der Waals surface area (Å²) in [5.74, 6) is -0.131. The summed E-state index contributed by atoms with van der Waals surface area (Å²) in [6, 6.07) is 13.4. The molecule has 1 aliphatic carbocycles. The number of unbranched alkanes of at least 4 members (excludes halogenated alkanes) is 9. The van der Waals surface area contributed by atoms with Crippen LogP contribution in [0.5, 0.6) is 5.75 Å². The van der Waals surface area contributed by atoms with Crippen LogP contribution in [0.2, 0.25) is 0 Å². The summed E-state index contributed by atoms with van der Waals surface area (Å²) >= 11 is 0. The van der Waals surface area contributed by atoms with Crippen LogP contribution < -0.4 is 4.74 Å². The molecule has 42 heavy (non-hydrogen) atoms. The van der Waals surface area contributed by atoms with Crippen molar-refractivity contribution in [2.45, 2.75) is 136 Å². The van der Waals surface area contributed by atoms with Gasteiger partial charge in [-0.3, -0.25) is 0 Å². The molecule has 0 amide bonds. The van der Waals surface area contributed by atoms with Crippen LogP contribution in [0.25, 0.3) is 11.1 Å². The number of hydrogen-bond donors (Lipinski definition) is 0. The van der Waals surface area contributed by atoms with Crippen molar-refractivity contribution in [3.8, 4) is 22.9 Å². The van der Waals surface area contributed by atoms with E-state index in [9.17, 15) is 14.0 Å². The molecule has 2 nitrogen and oxygen atoms in total. The van der Waals surface area contributed by atoms with Crippen molar-refractivity contribution in [3.63, 3.8) is 0 Å². The Balaban J connectivity index is 1.41. The average molecular weight is 580 g/mol. The first-order valence-corrected chi connectivity index (χ1v) is 17.1. The number of nitrogens with zero attached hydrogens (tertiary/aromatic N) is 1. The predicted molar refractivity (Wildman–Crippen MR) is 172 cm³/mol. The third-order valence-electron chi connectivity index (χ3n) is 9.33. The van der Waals surface area contributed by atoms with Gasteiger partial charge < -0.3 is 4.74 Å². The van der Waals surface area contributed by atoms with Gasteiger partial charge in [0.25, 0.3) is 0 Å². The van der Waals surface area contributed by atoms with Crippen LogP contribution in [0.1, 0.15) is 135 Å². The number of hydrogen-bond acceptors (Lipinski definition) is 2. The van der Waals surface area contributed by atoms with Gasteiger partial charge in [0.15, 0.2) is 11.6 Å². The highest BCUT2D eigenvalue weighted by molar-refractivity contribution is 5.65. The van der Waals surface area contributed by atoms with Crippen molar-refractivity contribution in [3.05, 3.63) is 53.6 Å². The number of benzene rings is 2. The highest BCUT2D eigenvalue weighted by atomic mass is 19.2. The zero-order valence-electron chi connectivity index (χ0n) is 26.4. The van der Waals surface area contributed by atoms with Gasteiger partial charge >= 0.3 is 0 Å². The van der Waals surface area contributed by atoms with Crippen LogP contribution in [0.15, 0.2) is 36.4 Å². The van der Waals surface area contributed by atoms with E-state index in [1.165, 1.54) is 89.5 Å². The Labute approximate surface area is 255 Å². The summed E-state index contributed by atoms with van der Waals surface area (Å²) in [5, 5.41) is 9.82. The van der Waals surface area contributed by atoms with Crippen molar-refractivity contribution in [1.29, 1.82) is 5.26 Å². The Morgan fingerprint density at radius 2 is 1.38 bits per heavy atom. The smallest absolute Gasteiger partial charge is 0.201 e. The first-order valence-electron chi connectivity index (χ1n) is 17.1. The van der Waals surface area contributed by atoms with Gasteiger partial charge in [-0.15, -0.1) is 0 Å². The molecule has 0 heterocycles.